The predicted octanol–water partition coefficient (Wildman–Crippen LogP) is 1.34. The summed E-state index contributed by atoms with van der Waals surface area (Å²) in [5.41, 5.74) is 0.995. The van der Waals surface area contributed by atoms with Crippen LogP contribution in [0.1, 0.15) is 26.3 Å². The second-order valence-electron chi connectivity index (χ2n) is 4.56. The molecule has 0 spiro atoms. The zero-order valence-electron chi connectivity index (χ0n) is 10.0. The molecular formula is C11H17BO4. The van der Waals surface area contributed by atoms with Crippen molar-refractivity contribution < 1.29 is 19.4 Å². The number of hydrogen-bond donors (Lipinski definition) is 2. The van der Waals surface area contributed by atoms with Crippen LogP contribution in [0.4, 0.5) is 0 Å². The van der Waals surface area contributed by atoms with E-state index in [1.807, 2.05) is 6.07 Å². The third kappa shape index (κ3) is 3.15. The summed E-state index contributed by atoms with van der Waals surface area (Å²) in [5.74, 6) is 0.797. The fourth-order valence-electron chi connectivity index (χ4n) is 1.35. The molecular weight excluding hydrogens is 207 g/mol. The third-order valence-electron chi connectivity index (χ3n) is 2.26. The van der Waals surface area contributed by atoms with Gasteiger partial charge in [0, 0.05) is 0 Å². The fraction of sp³-hybridized carbons (Fsp3) is 0.455. The van der Waals surface area contributed by atoms with Crippen LogP contribution in [0.25, 0.3) is 0 Å². The molecule has 0 radical (unpaired) electrons. The van der Waals surface area contributed by atoms with Gasteiger partial charge >= 0.3 is 7.32 Å². The molecule has 88 valence electrons. The van der Waals surface area contributed by atoms with Crippen LogP contribution in [-0.4, -0.2) is 24.5 Å². The quantitative estimate of drug-likeness (QED) is 0.760. The number of hydrogen-bond acceptors (Lipinski definition) is 4. The van der Waals surface area contributed by atoms with Crippen molar-refractivity contribution in [2.75, 3.05) is 7.11 Å². The Kier molecular flexibility index (Phi) is 3.83. The number of methoxy groups -OCH3 is 1. The molecule has 0 unspecified atom stereocenters. The van der Waals surface area contributed by atoms with E-state index in [4.69, 9.17) is 19.4 Å². The summed E-state index contributed by atoms with van der Waals surface area (Å²) in [6.45, 7) is 6.19. The van der Waals surface area contributed by atoms with Crippen molar-refractivity contribution in [2.24, 2.45) is 0 Å². The second kappa shape index (κ2) is 4.76. The summed E-state index contributed by atoms with van der Waals surface area (Å²) in [6.07, 6.45) is 0. The highest BCUT2D eigenvalue weighted by atomic mass is 16.6. The Morgan fingerprint density at radius 2 is 1.75 bits per heavy atom. The third-order valence-corrected chi connectivity index (χ3v) is 2.26. The summed E-state index contributed by atoms with van der Waals surface area (Å²) in [6, 6.07) is 5.42. The first-order chi connectivity index (χ1) is 7.34. The Labute approximate surface area is 96.0 Å². The number of ether oxygens (including phenoxy) is 1. The zero-order chi connectivity index (χ0) is 12.3. The molecule has 0 fully saturated rings. The molecule has 4 nitrogen and oxygen atoms in total. The molecule has 5 heteroatoms. The molecule has 1 aromatic carbocycles. The van der Waals surface area contributed by atoms with Gasteiger partial charge in [-0.25, -0.2) is 0 Å². The molecule has 0 aliphatic carbocycles. The van der Waals surface area contributed by atoms with Gasteiger partial charge in [-0.2, -0.15) is 0 Å². The van der Waals surface area contributed by atoms with E-state index in [0.29, 0.717) is 11.5 Å². The predicted molar refractivity (Wildman–Crippen MR) is 62.5 cm³/mol. The summed E-state index contributed by atoms with van der Waals surface area (Å²) in [4.78, 5) is 0. The van der Waals surface area contributed by atoms with E-state index in [-0.39, 0.29) is 5.41 Å². The van der Waals surface area contributed by atoms with Gasteiger partial charge in [-0.05, 0) is 23.1 Å². The van der Waals surface area contributed by atoms with Crippen LogP contribution in [-0.2, 0) is 5.41 Å². The van der Waals surface area contributed by atoms with Gasteiger partial charge in [0.25, 0.3) is 0 Å². The lowest BCUT2D eigenvalue weighted by atomic mass is 9.87. The Balaban J connectivity index is 3.11. The van der Waals surface area contributed by atoms with Crippen LogP contribution in [0.2, 0.25) is 0 Å². The van der Waals surface area contributed by atoms with Crippen molar-refractivity contribution in [3.8, 4) is 11.5 Å². The normalized spacial score (nSPS) is 11.1. The fourth-order valence-corrected chi connectivity index (χ4v) is 1.35. The first-order valence-electron chi connectivity index (χ1n) is 5.06. The van der Waals surface area contributed by atoms with Crippen molar-refractivity contribution in [1.29, 1.82) is 0 Å². The molecule has 16 heavy (non-hydrogen) atoms. The monoisotopic (exact) mass is 224 g/mol. The Hall–Kier alpha value is -1.20. The maximum atomic E-state index is 8.80. The molecule has 2 N–H and O–H groups in total. The minimum atomic E-state index is -1.84. The minimum Gasteiger partial charge on any atom is -0.509 e. The molecule has 1 aromatic rings. The molecule has 0 bridgehead atoms. The summed E-state index contributed by atoms with van der Waals surface area (Å²) < 4.78 is 9.92. The van der Waals surface area contributed by atoms with Crippen LogP contribution < -0.4 is 9.39 Å². The van der Waals surface area contributed by atoms with E-state index in [1.165, 1.54) is 7.11 Å². The van der Waals surface area contributed by atoms with E-state index in [9.17, 15) is 0 Å². The average molecular weight is 224 g/mol. The van der Waals surface area contributed by atoms with Gasteiger partial charge in [-0.3, -0.25) is 0 Å². The molecule has 0 aliphatic heterocycles. The molecule has 1 rings (SSSR count). The van der Waals surface area contributed by atoms with Crippen LogP contribution in [0.3, 0.4) is 0 Å². The maximum Gasteiger partial charge on any atom is 0.707 e. The lowest BCUT2D eigenvalue weighted by molar-refractivity contribution is 0.279. The van der Waals surface area contributed by atoms with Crippen LogP contribution in [0, 0.1) is 0 Å². The van der Waals surface area contributed by atoms with Crippen LogP contribution in [0.5, 0.6) is 11.5 Å². The van der Waals surface area contributed by atoms with Gasteiger partial charge in [0.2, 0.25) is 0 Å². The molecule has 0 amide bonds. The number of rotatable bonds is 3. The van der Waals surface area contributed by atoms with E-state index < -0.39 is 7.32 Å². The summed E-state index contributed by atoms with van der Waals surface area (Å²) in [5, 5.41) is 17.6. The summed E-state index contributed by atoms with van der Waals surface area (Å²) in [7, 11) is -0.341. The standard InChI is InChI=1S/C11H17BO4/c1-11(2,3)8-5-6-9(15-4)10(7-8)16-12(13)14/h5-7,13-14H,1-4H3. The Morgan fingerprint density at radius 3 is 2.19 bits per heavy atom. The minimum absolute atomic E-state index is 0.0369. The van der Waals surface area contributed by atoms with Gasteiger partial charge in [-0.15, -0.1) is 0 Å². The van der Waals surface area contributed by atoms with Crippen molar-refractivity contribution in [1.82, 2.24) is 0 Å². The zero-order valence-corrected chi connectivity index (χ0v) is 10.0. The van der Waals surface area contributed by atoms with E-state index >= 15 is 0 Å². The highest BCUT2D eigenvalue weighted by Gasteiger charge is 2.19. The molecule has 0 heterocycles. The van der Waals surface area contributed by atoms with Crippen LogP contribution in [0.15, 0.2) is 18.2 Å². The smallest absolute Gasteiger partial charge is 0.509 e. The SMILES string of the molecule is COc1ccc(C(C)(C)C)cc1OB(O)O. The topological polar surface area (TPSA) is 58.9 Å². The molecule has 0 atom stereocenters. The second-order valence-corrected chi connectivity index (χ2v) is 4.56. The van der Waals surface area contributed by atoms with Crippen molar-refractivity contribution in [3.05, 3.63) is 23.8 Å². The van der Waals surface area contributed by atoms with Gasteiger partial charge in [0.1, 0.15) is 5.75 Å². The molecule has 0 aromatic heterocycles. The van der Waals surface area contributed by atoms with Crippen molar-refractivity contribution in [3.63, 3.8) is 0 Å². The van der Waals surface area contributed by atoms with E-state index in [1.54, 1.807) is 12.1 Å². The average Bonchev–Trinajstić information content (AvgIpc) is 2.15. The largest absolute Gasteiger partial charge is 0.707 e. The first-order valence-corrected chi connectivity index (χ1v) is 5.06. The van der Waals surface area contributed by atoms with Gasteiger partial charge < -0.3 is 19.4 Å². The van der Waals surface area contributed by atoms with E-state index in [2.05, 4.69) is 20.8 Å². The first kappa shape index (κ1) is 12.9. The van der Waals surface area contributed by atoms with E-state index in [0.717, 1.165) is 5.56 Å². The van der Waals surface area contributed by atoms with Crippen LogP contribution >= 0.6 is 0 Å². The lowest BCUT2D eigenvalue weighted by Gasteiger charge is -2.21. The van der Waals surface area contributed by atoms with Gasteiger partial charge in [0.15, 0.2) is 5.75 Å². The maximum absolute atomic E-state index is 8.80. The molecule has 0 aliphatic rings. The lowest BCUT2D eigenvalue weighted by Crippen LogP contribution is -2.21. The molecule has 0 saturated carbocycles. The number of benzene rings is 1. The van der Waals surface area contributed by atoms with Gasteiger partial charge in [0.05, 0.1) is 7.11 Å². The Bertz CT molecular complexity index is 357. The Morgan fingerprint density at radius 1 is 1.12 bits per heavy atom. The summed E-state index contributed by atoms with van der Waals surface area (Å²) >= 11 is 0. The van der Waals surface area contributed by atoms with Crippen molar-refractivity contribution >= 4 is 7.32 Å². The highest BCUT2D eigenvalue weighted by molar-refractivity contribution is 6.33. The van der Waals surface area contributed by atoms with Gasteiger partial charge in [-0.1, -0.05) is 26.8 Å². The molecule has 0 saturated heterocycles. The highest BCUT2D eigenvalue weighted by Crippen LogP contribution is 2.33. The van der Waals surface area contributed by atoms with Crippen molar-refractivity contribution in [2.45, 2.75) is 26.2 Å².